The van der Waals surface area contributed by atoms with Crippen LogP contribution in [0.3, 0.4) is 0 Å². The summed E-state index contributed by atoms with van der Waals surface area (Å²) in [7, 11) is 0. The fraction of sp³-hybridized carbons (Fsp3) is 0.727. The topological polar surface area (TPSA) is 24.9 Å². The molecule has 0 saturated carbocycles. The second kappa shape index (κ2) is 7.25. The highest BCUT2D eigenvalue weighted by atomic mass is 32.2. The fourth-order valence-corrected chi connectivity index (χ4v) is 2.94. The molecule has 0 aliphatic rings. The van der Waals surface area contributed by atoms with Crippen LogP contribution in [0, 0.1) is 0 Å². The molecule has 1 aromatic heterocycles. The summed E-state index contributed by atoms with van der Waals surface area (Å²) in [6, 6.07) is 0. The Kier molecular flexibility index (Phi) is 6.29. The third-order valence-corrected chi connectivity index (χ3v) is 4.74. The lowest BCUT2D eigenvalue weighted by molar-refractivity contribution is 0.734. The first-order valence-electron chi connectivity index (χ1n) is 5.52. The first-order valence-corrected chi connectivity index (χ1v) is 7.38. The maximum Gasteiger partial charge on any atom is 0.103 e. The molecular weight excluding hydrogens is 224 g/mol. The molecule has 1 aromatic rings. The lowest BCUT2D eigenvalue weighted by Gasteiger charge is -2.05. The van der Waals surface area contributed by atoms with Gasteiger partial charge < -0.3 is 5.32 Å². The number of aromatic nitrogens is 1. The van der Waals surface area contributed by atoms with Crippen molar-refractivity contribution in [2.24, 2.45) is 0 Å². The van der Waals surface area contributed by atoms with Gasteiger partial charge in [-0.15, -0.1) is 11.3 Å². The van der Waals surface area contributed by atoms with Crippen molar-refractivity contribution in [3.63, 3.8) is 0 Å². The Bertz CT molecular complexity index is 273. The van der Waals surface area contributed by atoms with Gasteiger partial charge in [0.2, 0.25) is 0 Å². The van der Waals surface area contributed by atoms with Crippen LogP contribution in [0.1, 0.15) is 37.1 Å². The van der Waals surface area contributed by atoms with Gasteiger partial charge in [-0.2, -0.15) is 11.8 Å². The van der Waals surface area contributed by atoms with E-state index in [0.29, 0.717) is 0 Å². The molecule has 1 N–H and O–H groups in total. The summed E-state index contributed by atoms with van der Waals surface area (Å²) in [5.41, 5.74) is 0. The molecule has 1 rings (SSSR count). The van der Waals surface area contributed by atoms with Crippen LogP contribution in [0.4, 0.5) is 0 Å². The summed E-state index contributed by atoms with van der Waals surface area (Å²) < 4.78 is 0. The zero-order valence-corrected chi connectivity index (χ0v) is 11.4. The minimum absolute atomic E-state index is 0.742. The Morgan fingerprint density at radius 3 is 3.00 bits per heavy atom. The first kappa shape index (κ1) is 13.0. The minimum atomic E-state index is 0.742. The standard InChI is InChI=1S/C11H20N2S2/c1-4-9(3)14-8-11-13-7-10(15-11)6-12-5-2/h7,9,12H,4-6,8H2,1-3H3. The Labute approximate surface area is 101 Å². The van der Waals surface area contributed by atoms with Crippen molar-refractivity contribution in [1.82, 2.24) is 10.3 Å². The van der Waals surface area contributed by atoms with E-state index >= 15 is 0 Å². The SMILES string of the molecule is CCNCc1cnc(CSC(C)CC)s1. The molecular formula is C11H20N2S2. The van der Waals surface area contributed by atoms with Crippen LogP contribution in [0.2, 0.25) is 0 Å². The van der Waals surface area contributed by atoms with Gasteiger partial charge in [0.25, 0.3) is 0 Å². The van der Waals surface area contributed by atoms with Crippen molar-refractivity contribution < 1.29 is 0 Å². The molecule has 1 heterocycles. The van der Waals surface area contributed by atoms with Gasteiger partial charge in [0.1, 0.15) is 5.01 Å². The zero-order chi connectivity index (χ0) is 11.1. The molecule has 0 aromatic carbocycles. The lowest BCUT2D eigenvalue weighted by Crippen LogP contribution is -2.10. The highest BCUT2D eigenvalue weighted by molar-refractivity contribution is 7.99. The maximum absolute atomic E-state index is 4.43. The molecule has 15 heavy (non-hydrogen) atoms. The monoisotopic (exact) mass is 244 g/mol. The molecule has 0 radical (unpaired) electrons. The van der Waals surface area contributed by atoms with E-state index in [0.717, 1.165) is 24.1 Å². The summed E-state index contributed by atoms with van der Waals surface area (Å²) >= 11 is 3.83. The van der Waals surface area contributed by atoms with Crippen LogP contribution in [0.5, 0.6) is 0 Å². The molecule has 0 amide bonds. The predicted octanol–water partition coefficient (Wildman–Crippen LogP) is 3.28. The van der Waals surface area contributed by atoms with Crippen LogP contribution in [-0.4, -0.2) is 16.8 Å². The van der Waals surface area contributed by atoms with E-state index in [1.807, 2.05) is 29.3 Å². The summed E-state index contributed by atoms with van der Waals surface area (Å²) in [6.45, 7) is 8.62. The van der Waals surface area contributed by atoms with Gasteiger partial charge in [-0.3, -0.25) is 0 Å². The molecule has 0 bridgehead atoms. The molecule has 0 saturated heterocycles. The van der Waals surface area contributed by atoms with E-state index in [1.165, 1.54) is 16.3 Å². The lowest BCUT2D eigenvalue weighted by atomic mass is 10.4. The first-order chi connectivity index (χ1) is 7.26. The highest BCUT2D eigenvalue weighted by Gasteiger charge is 2.04. The van der Waals surface area contributed by atoms with Crippen LogP contribution >= 0.6 is 23.1 Å². The van der Waals surface area contributed by atoms with Crippen molar-refractivity contribution in [3.05, 3.63) is 16.1 Å². The molecule has 1 atom stereocenters. The average molecular weight is 244 g/mol. The van der Waals surface area contributed by atoms with Gasteiger partial charge in [-0.05, 0) is 13.0 Å². The van der Waals surface area contributed by atoms with Crippen molar-refractivity contribution in [1.29, 1.82) is 0 Å². The van der Waals surface area contributed by atoms with Crippen LogP contribution in [0.15, 0.2) is 6.20 Å². The molecule has 86 valence electrons. The van der Waals surface area contributed by atoms with E-state index in [-0.39, 0.29) is 0 Å². The number of thioether (sulfide) groups is 1. The third kappa shape index (κ3) is 5.00. The molecule has 2 nitrogen and oxygen atoms in total. The quantitative estimate of drug-likeness (QED) is 0.797. The maximum atomic E-state index is 4.43. The largest absolute Gasteiger partial charge is 0.312 e. The molecule has 1 unspecified atom stereocenters. The summed E-state index contributed by atoms with van der Waals surface area (Å²) in [6.07, 6.45) is 3.24. The Morgan fingerprint density at radius 1 is 1.53 bits per heavy atom. The van der Waals surface area contributed by atoms with Crippen molar-refractivity contribution in [2.45, 2.75) is 44.7 Å². The van der Waals surface area contributed by atoms with E-state index in [1.54, 1.807) is 0 Å². The number of hydrogen-bond acceptors (Lipinski definition) is 4. The number of thiazole rings is 1. The summed E-state index contributed by atoms with van der Waals surface area (Å²) in [4.78, 5) is 5.78. The summed E-state index contributed by atoms with van der Waals surface area (Å²) in [5, 5.41) is 5.32. The molecule has 0 spiro atoms. The smallest absolute Gasteiger partial charge is 0.103 e. The highest BCUT2D eigenvalue weighted by Crippen LogP contribution is 2.22. The van der Waals surface area contributed by atoms with Gasteiger partial charge in [0, 0.05) is 28.6 Å². The fourth-order valence-electron chi connectivity index (χ4n) is 1.08. The van der Waals surface area contributed by atoms with Crippen LogP contribution in [0.25, 0.3) is 0 Å². The van der Waals surface area contributed by atoms with Crippen molar-refractivity contribution in [3.8, 4) is 0 Å². The minimum Gasteiger partial charge on any atom is -0.312 e. The normalized spacial score (nSPS) is 13.0. The van der Waals surface area contributed by atoms with Gasteiger partial charge >= 0.3 is 0 Å². The summed E-state index contributed by atoms with van der Waals surface area (Å²) in [5.74, 6) is 1.06. The average Bonchev–Trinajstić information content (AvgIpc) is 2.71. The molecule has 0 aliphatic carbocycles. The van der Waals surface area contributed by atoms with E-state index in [4.69, 9.17) is 0 Å². The van der Waals surface area contributed by atoms with Gasteiger partial charge in [-0.25, -0.2) is 4.98 Å². The second-order valence-corrected chi connectivity index (χ2v) is 6.16. The van der Waals surface area contributed by atoms with Gasteiger partial charge in [-0.1, -0.05) is 20.8 Å². The Balaban J connectivity index is 2.32. The van der Waals surface area contributed by atoms with Crippen LogP contribution in [-0.2, 0) is 12.3 Å². The van der Waals surface area contributed by atoms with Gasteiger partial charge in [0.15, 0.2) is 0 Å². The molecule has 0 fully saturated rings. The number of nitrogens with zero attached hydrogens (tertiary/aromatic N) is 1. The van der Waals surface area contributed by atoms with E-state index < -0.39 is 0 Å². The second-order valence-electron chi connectivity index (χ2n) is 3.53. The van der Waals surface area contributed by atoms with E-state index in [9.17, 15) is 0 Å². The Morgan fingerprint density at radius 2 is 2.33 bits per heavy atom. The van der Waals surface area contributed by atoms with Gasteiger partial charge in [0.05, 0.1) is 0 Å². The molecule has 4 heteroatoms. The zero-order valence-electron chi connectivity index (χ0n) is 9.75. The van der Waals surface area contributed by atoms with Crippen molar-refractivity contribution in [2.75, 3.05) is 6.54 Å². The number of hydrogen-bond donors (Lipinski definition) is 1. The number of rotatable bonds is 7. The van der Waals surface area contributed by atoms with Crippen LogP contribution < -0.4 is 5.32 Å². The third-order valence-electron chi connectivity index (χ3n) is 2.22. The molecule has 0 aliphatic heterocycles. The number of nitrogens with one attached hydrogen (secondary N) is 1. The predicted molar refractivity (Wildman–Crippen MR) is 70.5 cm³/mol. The Hall–Kier alpha value is -0.0600. The van der Waals surface area contributed by atoms with E-state index in [2.05, 4.69) is 31.1 Å². The van der Waals surface area contributed by atoms with Crippen molar-refractivity contribution >= 4 is 23.1 Å².